The Labute approximate surface area is 81.4 Å². The maximum absolute atomic E-state index is 10.4. The molecule has 0 aliphatic carbocycles. The molecular weight excluding hydrogens is 180 g/mol. The topological polar surface area (TPSA) is 73.1 Å². The Hall–Kier alpha value is -1.97. The van der Waals surface area contributed by atoms with Gasteiger partial charge < -0.3 is 5.73 Å². The molecule has 1 aromatic rings. The minimum Gasteiger partial charge on any atom is -0.369 e. The van der Waals surface area contributed by atoms with Crippen molar-refractivity contribution in [3.05, 3.63) is 35.7 Å². The molecule has 1 aromatic heterocycles. The highest BCUT2D eigenvalue weighted by molar-refractivity contribution is 5.77. The first-order chi connectivity index (χ1) is 6.72. The van der Waals surface area contributed by atoms with Crippen LogP contribution in [0.3, 0.4) is 0 Å². The van der Waals surface area contributed by atoms with Crippen LogP contribution in [0, 0.1) is 0 Å². The fraction of sp³-hybridized carbons (Fsp3) is 0.100. The summed E-state index contributed by atoms with van der Waals surface area (Å²) >= 11 is 0. The van der Waals surface area contributed by atoms with E-state index in [0.717, 1.165) is 11.8 Å². The summed E-state index contributed by atoms with van der Waals surface area (Å²) in [6.07, 6.45) is 7.31. The van der Waals surface area contributed by atoms with Crippen LogP contribution < -0.4 is 5.73 Å². The molecule has 0 aliphatic heterocycles. The van der Waals surface area contributed by atoms with Crippen LogP contribution in [0.5, 0.6) is 0 Å². The summed E-state index contributed by atoms with van der Waals surface area (Å²) in [5.74, 6) is -0.388. The van der Waals surface area contributed by atoms with E-state index in [0.29, 0.717) is 5.56 Å². The van der Waals surface area contributed by atoms with Crippen LogP contribution >= 0.6 is 0 Å². The Morgan fingerprint density at radius 2 is 2.14 bits per heavy atom. The average molecular weight is 190 g/mol. The highest BCUT2D eigenvalue weighted by atomic mass is 16.1. The van der Waals surface area contributed by atoms with E-state index in [1.165, 1.54) is 6.20 Å². The van der Waals surface area contributed by atoms with Crippen molar-refractivity contribution in [3.8, 4) is 0 Å². The summed E-state index contributed by atoms with van der Waals surface area (Å²) in [6.45, 7) is 0. The molecule has 2 N–H and O–H groups in total. The van der Waals surface area contributed by atoms with Crippen molar-refractivity contribution in [2.24, 2.45) is 5.73 Å². The van der Waals surface area contributed by atoms with E-state index in [4.69, 9.17) is 5.73 Å². The Morgan fingerprint density at radius 3 is 2.79 bits per heavy atom. The number of nitrogens with zero attached hydrogens (tertiary/aromatic N) is 1. The van der Waals surface area contributed by atoms with Crippen molar-refractivity contribution < 1.29 is 9.59 Å². The van der Waals surface area contributed by atoms with E-state index < -0.39 is 0 Å². The van der Waals surface area contributed by atoms with Gasteiger partial charge in [0, 0.05) is 24.4 Å². The van der Waals surface area contributed by atoms with Crippen LogP contribution in [0.2, 0.25) is 0 Å². The molecule has 0 aromatic carbocycles. The van der Waals surface area contributed by atoms with Crippen LogP contribution in [0.4, 0.5) is 0 Å². The largest absolute Gasteiger partial charge is 0.369 e. The molecule has 0 saturated heterocycles. The number of pyridine rings is 1. The van der Waals surface area contributed by atoms with Gasteiger partial charge in [-0.25, -0.2) is 0 Å². The summed E-state index contributed by atoms with van der Waals surface area (Å²) in [4.78, 5) is 24.7. The standard InChI is InChI=1S/C10H10N2O2/c11-10(14)3-1-2-8-4-9(7-13)6-12-5-8/h1-2,4-7H,3H2,(H2,11,14). The van der Waals surface area contributed by atoms with Gasteiger partial charge in [0.15, 0.2) is 6.29 Å². The van der Waals surface area contributed by atoms with Crippen LogP contribution in [-0.2, 0) is 4.79 Å². The minimum absolute atomic E-state index is 0.186. The molecule has 0 unspecified atom stereocenters. The molecule has 0 atom stereocenters. The number of aldehydes is 1. The van der Waals surface area contributed by atoms with E-state index in [-0.39, 0.29) is 12.3 Å². The molecule has 0 bridgehead atoms. The normalized spacial score (nSPS) is 10.3. The third-order valence-corrected chi connectivity index (χ3v) is 1.55. The Balaban J connectivity index is 2.71. The second-order valence-corrected chi connectivity index (χ2v) is 2.74. The highest BCUT2D eigenvalue weighted by Gasteiger charge is 1.92. The second-order valence-electron chi connectivity index (χ2n) is 2.74. The summed E-state index contributed by atoms with van der Waals surface area (Å²) in [5, 5.41) is 0. The zero-order valence-electron chi connectivity index (χ0n) is 7.51. The van der Waals surface area contributed by atoms with Gasteiger partial charge >= 0.3 is 0 Å². The Morgan fingerprint density at radius 1 is 1.43 bits per heavy atom. The third-order valence-electron chi connectivity index (χ3n) is 1.55. The van der Waals surface area contributed by atoms with E-state index >= 15 is 0 Å². The zero-order chi connectivity index (χ0) is 10.4. The number of aromatic nitrogens is 1. The van der Waals surface area contributed by atoms with Crippen molar-refractivity contribution >= 4 is 18.3 Å². The zero-order valence-corrected chi connectivity index (χ0v) is 7.51. The molecule has 0 spiro atoms. The summed E-state index contributed by atoms with van der Waals surface area (Å²) in [5.41, 5.74) is 6.23. The lowest BCUT2D eigenvalue weighted by Gasteiger charge is -1.93. The first-order valence-electron chi connectivity index (χ1n) is 4.07. The molecule has 14 heavy (non-hydrogen) atoms. The number of carbonyl (C=O) groups excluding carboxylic acids is 2. The van der Waals surface area contributed by atoms with Crippen LogP contribution in [0.15, 0.2) is 24.5 Å². The number of hydrogen-bond donors (Lipinski definition) is 1. The van der Waals surface area contributed by atoms with Crippen molar-refractivity contribution in [2.45, 2.75) is 6.42 Å². The highest BCUT2D eigenvalue weighted by Crippen LogP contribution is 2.03. The molecule has 72 valence electrons. The fourth-order valence-corrected chi connectivity index (χ4v) is 0.943. The summed E-state index contributed by atoms with van der Waals surface area (Å²) in [7, 11) is 0. The molecular formula is C10H10N2O2. The quantitative estimate of drug-likeness (QED) is 0.713. The number of hydrogen-bond acceptors (Lipinski definition) is 3. The molecule has 1 rings (SSSR count). The fourth-order valence-electron chi connectivity index (χ4n) is 0.943. The third kappa shape index (κ3) is 3.18. The summed E-state index contributed by atoms with van der Waals surface area (Å²) in [6, 6.07) is 1.68. The van der Waals surface area contributed by atoms with Gasteiger partial charge in [-0.2, -0.15) is 0 Å². The van der Waals surface area contributed by atoms with E-state index in [9.17, 15) is 9.59 Å². The lowest BCUT2D eigenvalue weighted by molar-refractivity contribution is -0.117. The molecule has 0 radical (unpaired) electrons. The van der Waals surface area contributed by atoms with Crippen LogP contribution in [0.1, 0.15) is 22.3 Å². The molecule has 4 heteroatoms. The molecule has 0 aliphatic rings. The average Bonchev–Trinajstić information content (AvgIpc) is 2.18. The number of carbonyl (C=O) groups is 2. The van der Waals surface area contributed by atoms with Gasteiger partial charge in [-0.3, -0.25) is 14.6 Å². The number of primary amides is 1. The van der Waals surface area contributed by atoms with Gasteiger partial charge in [0.25, 0.3) is 0 Å². The SMILES string of the molecule is NC(=O)CC=Cc1cncc(C=O)c1. The maximum Gasteiger partial charge on any atom is 0.221 e. The van der Waals surface area contributed by atoms with Crippen molar-refractivity contribution in [1.29, 1.82) is 0 Å². The van der Waals surface area contributed by atoms with E-state index in [2.05, 4.69) is 4.98 Å². The van der Waals surface area contributed by atoms with Crippen LogP contribution in [0.25, 0.3) is 6.08 Å². The van der Waals surface area contributed by atoms with Crippen molar-refractivity contribution in [2.75, 3.05) is 0 Å². The molecule has 0 saturated carbocycles. The maximum atomic E-state index is 10.4. The van der Waals surface area contributed by atoms with Gasteiger partial charge in [0.2, 0.25) is 5.91 Å². The number of nitrogens with two attached hydrogens (primary N) is 1. The monoisotopic (exact) mass is 190 g/mol. The Bertz CT molecular complexity index is 372. The van der Waals surface area contributed by atoms with Crippen LogP contribution in [-0.4, -0.2) is 17.2 Å². The van der Waals surface area contributed by atoms with Gasteiger partial charge in [-0.15, -0.1) is 0 Å². The molecule has 1 amide bonds. The van der Waals surface area contributed by atoms with Crippen molar-refractivity contribution in [1.82, 2.24) is 4.98 Å². The van der Waals surface area contributed by atoms with Gasteiger partial charge in [-0.05, 0) is 11.6 Å². The molecule has 4 nitrogen and oxygen atoms in total. The van der Waals surface area contributed by atoms with E-state index in [1.807, 2.05) is 0 Å². The lowest BCUT2D eigenvalue weighted by Crippen LogP contribution is -2.07. The Kier molecular flexibility index (Phi) is 3.55. The smallest absolute Gasteiger partial charge is 0.221 e. The second kappa shape index (κ2) is 4.91. The lowest BCUT2D eigenvalue weighted by atomic mass is 10.2. The van der Waals surface area contributed by atoms with Gasteiger partial charge in [0.05, 0.1) is 0 Å². The van der Waals surface area contributed by atoms with Gasteiger partial charge in [-0.1, -0.05) is 12.2 Å². The van der Waals surface area contributed by atoms with E-state index in [1.54, 1.807) is 24.4 Å². The van der Waals surface area contributed by atoms with Gasteiger partial charge in [0.1, 0.15) is 0 Å². The number of amides is 1. The molecule has 0 fully saturated rings. The predicted octanol–water partition coefficient (Wildman–Crippen LogP) is 0.783. The molecule has 1 heterocycles. The first kappa shape index (κ1) is 10.1. The minimum atomic E-state index is -0.388. The predicted molar refractivity (Wildman–Crippen MR) is 52.5 cm³/mol. The summed E-state index contributed by atoms with van der Waals surface area (Å²) < 4.78 is 0. The number of rotatable bonds is 4. The van der Waals surface area contributed by atoms with Crippen molar-refractivity contribution in [3.63, 3.8) is 0 Å². The first-order valence-corrected chi connectivity index (χ1v) is 4.07.